The molecule has 1 aromatic carbocycles. The molecule has 2 nitrogen and oxygen atoms in total. The SMILES string of the molecule is N#Cc1cc(Cl)ccc1SCCCO. The van der Waals surface area contributed by atoms with Crippen LogP contribution in [0.15, 0.2) is 23.1 Å². The molecule has 0 saturated carbocycles. The first-order valence-electron chi connectivity index (χ1n) is 4.21. The van der Waals surface area contributed by atoms with Gasteiger partial charge in [-0.05, 0) is 24.6 Å². The van der Waals surface area contributed by atoms with Gasteiger partial charge in [0.2, 0.25) is 0 Å². The van der Waals surface area contributed by atoms with Gasteiger partial charge in [0, 0.05) is 22.3 Å². The summed E-state index contributed by atoms with van der Waals surface area (Å²) in [6, 6.07) is 7.35. The van der Waals surface area contributed by atoms with Crippen LogP contribution in [0.5, 0.6) is 0 Å². The molecular formula is C10H10ClNOS. The summed E-state index contributed by atoms with van der Waals surface area (Å²) < 4.78 is 0. The van der Waals surface area contributed by atoms with Crippen molar-refractivity contribution in [1.29, 1.82) is 5.26 Å². The number of benzene rings is 1. The van der Waals surface area contributed by atoms with E-state index in [1.807, 2.05) is 6.07 Å². The van der Waals surface area contributed by atoms with Crippen LogP contribution in [-0.2, 0) is 0 Å². The van der Waals surface area contributed by atoms with Gasteiger partial charge in [0.25, 0.3) is 0 Å². The van der Waals surface area contributed by atoms with Gasteiger partial charge in [-0.2, -0.15) is 5.26 Å². The van der Waals surface area contributed by atoms with Crippen LogP contribution in [0.25, 0.3) is 0 Å². The van der Waals surface area contributed by atoms with Gasteiger partial charge in [0.1, 0.15) is 6.07 Å². The van der Waals surface area contributed by atoms with E-state index in [0.717, 1.165) is 17.1 Å². The van der Waals surface area contributed by atoms with Gasteiger partial charge in [-0.15, -0.1) is 11.8 Å². The Bertz CT molecular complexity index is 348. The Kier molecular flexibility index (Phi) is 4.81. The Hall–Kier alpha value is -0.690. The molecule has 14 heavy (non-hydrogen) atoms. The summed E-state index contributed by atoms with van der Waals surface area (Å²) >= 11 is 7.32. The van der Waals surface area contributed by atoms with Crippen molar-refractivity contribution in [2.24, 2.45) is 0 Å². The molecule has 74 valence electrons. The number of nitrogens with zero attached hydrogens (tertiary/aromatic N) is 1. The molecule has 0 heterocycles. The standard InChI is InChI=1S/C10H10ClNOS/c11-9-2-3-10(8(6-9)7-12)14-5-1-4-13/h2-3,6,13H,1,4-5H2. The van der Waals surface area contributed by atoms with Crippen molar-refractivity contribution in [2.45, 2.75) is 11.3 Å². The van der Waals surface area contributed by atoms with Crippen molar-refractivity contribution in [3.05, 3.63) is 28.8 Å². The van der Waals surface area contributed by atoms with Gasteiger partial charge in [-0.3, -0.25) is 0 Å². The molecule has 0 radical (unpaired) electrons. The summed E-state index contributed by atoms with van der Waals surface area (Å²) in [7, 11) is 0. The van der Waals surface area contributed by atoms with Crippen LogP contribution in [0.1, 0.15) is 12.0 Å². The third-order valence-electron chi connectivity index (χ3n) is 1.62. The number of aliphatic hydroxyl groups is 1. The Labute approximate surface area is 92.5 Å². The summed E-state index contributed by atoms with van der Waals surface area (Å²) in [6.07, 6.45) is 0.734. The van der Waals surface area contributed by atoms with Crippen LogP contribution < -0.4 is 0 Å². The van der Waals surface area contributed by atoms with E-state index in [2.05, 4.69) is 6.07 Å². The van der Waals surface area contributed by atoms with Gasteiger partial charge in [-0.25, -0.2) is 0 Å². The predicted octanol–water partition coefficient (Wildman–Crippen LogP) is 2.69. The molecule has 0 unspecified atom stereocenters. The molecule has 0 aliphatic carbocycles. The maximum Gasteiger partial charge on any atom is 0.100 e. The minimum absolute atomic E-state index is 0.183. The molecule has 0 bridgehead atoms. The van der Waals surface area contributed by atoms with Gasteiger partial charge >= 0.3 is 0 Å². The number of hydrogen-bond acceptors (Lipinski definition) is 3. The topological polar surface area (TPSA) is 44.0 Å². The van der Waals surface area contributed by atoms with Gasteiger partial charge in [0.15, 0.2) is 0 Å². The fourth-order valence-corrected chi connectivity index (χ4v) is 2.05. The molecule has 0 atom stereocenters. The van der Waals surface area contributed by atoms with Crippen LogP contribution in [0.4, 0.5) is 0 Å². The summed E-state index contributed by atoms with van der Waals surface area (Å²) in [5.41, 5.74) is 0.598. The lowest BCUT2D eigenvalue weighted by Crippen LogP contribution is -1.87. The van der Waals surface area contributed by atoms with Gasteiger partial charge in [0.05, 0.1) is 5.56 Å². The van der Waals surface area contributed by atoms with Gasteiger partial charge < -0.3 is 5.11 Å². The average molecular weight is 228 g/mol. The number of thioether (sulfide) groups is 1. The van der Waals surface area contributed by atoms with Crippen molar-refractivity contribution >= 4 is 23.4 Å². The molecule has 0 saturated heterocycles. The van der Waals surface area contributed by atoms with Crippen molar-refractivity contribution in [1.82, 2.24) is 0 Å². The Morgan fingerprint density at radius 1 is 1.50 bits per heavy atom. The number of rotatable bonds is 4. The zero-order valence-electron chi connectivity index (χ0n) is 7.53. The van der Waals surface area contributed by atoms with Crippen LogP contribution in [0.3, 0.4) is 0 Å². The first-order chi connectivity index (χ1) is 6.77. The fourth-order valence-electron chi connectivity index (χ4n) is 0.962. The van der Waals surface area contributed by atoms with Crippen LogP contribution in [0.2, 0.25) is 5.02 Å². The number of aliphatic hydroxyl groups excluding tert-OH is 1. The summed E-state index contributed by atoms with van der Waals surface area (Å²) in [5.74, 6) is 0.812. The monoisotopic (exact) mass is 227 g/mol. The molecule has 0 fully saturated rings. The molecule has 0 aliphatic heterocycles. The maximum atomic E-state index is 8.83. The zero-order chi connectivity index (χ0) is 10.4. The van der Waals surface area contributed by atoms with E-state index < -0.39 is 0 Å². The number of halogens is 1. The average Bonchev–Trinajstić information content (AvgIpc) is 2.20. The highest BCUT2D eigenvalue weighted by Crippen LogP contribution is 2.25. The largest absolute Gasteiger partial charge is 0.396 e. The number of hydrogen-bond donors (Lipinski definition) is 1. The molecule has 0 aliphatic rings. The highest BCUT2D eigenvalue weighted by Gasteiger charge is 2.02. The molecule has 1 rings (SSSR count). The van der Waals surface area contributed by atoms with E-state index in [1.165, 1.54) is 0 Å². The first kappa shape index (κ1) is 11.4. The van der Waals surface area contributed by atoms with Crippen LogP contribution in [0, 0.1) is 11.3 Å². The fraction of sp³-hybridized carbons (Fsp3) is 0.300. The van der Waals surface area contributed by atoms with Crippen LogP contribution >= 0.6 is 23.4 Å². The molecule has 0 amide bonds. The normalized spacial score (nSPS) is 9.79. The minimum Gasteiger partial charge on any atom is -0.396 e. The van der Waals surface area contributed by atoms with E-state index in [4.69, 9.17) is 22.0 Å². The third kappa shape index (κ3) is 3.22. The highest BCUT2D eigenvalue weighted by molar-refractivity contribution is 7.99. The van der Waals surface area contributed by atoms with Crippen molar-refractivity contribution < 1.29 is 5.11 Å². The second-order valence-corrected chi connectivity index (χ2v) is 4.25. The summed E-state index contributed by atoms with van der Waals surface area (Å²) in [4.78, 5) is 0.922. The Morgan fingerprint density at radius 2 is 2.29 bits per heavy atom. The predicted molar refractivity (Wildman–Crippen MR) is 58.6 cm³/mol. The minimum atomic E-state index is 0.183. The molecule has 0 spiro atoms. The Balaban J connectivity index is 2.72. The van der Waals surface area contributed by atoms with E-state index >= 15 is 0 Å². The second-order valence-electron chi connectivity index (χ2n) is 2.68. The lowest BCUT2D eigenvalue weighted by molar-refractivity contribution is 0.296. The third-order valence-corrected chi connectivity index (χ3v) is 3.02. The lowest BCUT2D eigenvalue weighted by atomic mass is 10.2. The zero-order valence-corrected chi connectivity index (χ0v) is 9.11. The smallest absolute Gasteiger partial charge is 0.100 e. The quantitative estimate of drug-likeness (QED) is 0.636. The van der Waals surface area contributed by atoms with E-state index in [0.29, 0.717) is 10.6 Å². The summed E-state index contributed by atoms with van der Waals surface area (Å²) in [6.45, 7) is 0.183. The van der Waals surface area contributed by atoms with Crippen molar-refractivity contribution in [3.8, 4) is 6.07 Å². The molecule has 1 N–H and O–H groups in total. The molecule has 4 heteroatoms. The van der Waals surface area contributed by atoms with E-state index in [1.54, 1.807) is 23.9 Å². The molecule has 0 aromatic heterocycles. The second kappa shape index (κ2) is 5.92. The highest BCUT2D eigenvalue weighted by atomic mass is 35.5. The number of nitriles is 1. The summed E-state index contributed by atoms with van der Waals surface area (Å²) in [5, 5.41) is 18.0. The van der Waals surface area contributed by atoms with Crippen LogP contribution in [-0.4, -0.2) is 17.5 Å². The van der Waals surface area contributed by atoms with E-state index in [-0.39, 0.29) is 6.61 Å². The first-order valence-corrected chi connectivity index (χ1v) is 5.57. The maximum absolute atomic E-state index is 8.83. The van der Waals surface area contributed by atoms with Gasteiger partial charge in [-0.1, -0.05) is 11.6 Å². The van der Waals surface area contributed by atoms with Crippen molar-refractivity contribution in [3.63, 3.8) is 0 Å². The molecular weight excluding hydrogens is 218 g/mol. The van der Waals surface area contributed by atoms with E-state index in [9.17, 15) is 0 Å². The van der Waals surface area contributed by atoms with Crippen molar-refractivity contribution in [2.75, 3.05) is 12.4 Å². The Morgan fingerprint density at radius 3 is 2.93 bits per heavy atom. The lowest BCUT2D eigenvalue weighted by Gasteiger charge is -2.02. The molecule has 1 aromatic rings.